The molecule has 0 fully saturated rings. The molecule has 0 radical (unpaired) electrons. The lowest BCUT2D eigenvalue weighted by Gasteiger charge is -2.22. The molecule has 0 aliphatic carbocycles. The summed E-state index contributed by atoms with van der Waals surface area (Å²) in [7, 11) is 6.13. The maximum atomic E-state index is 13.4. The van der Waals surface area contributed by atoms with E-state index in [-0.39, 0.29) is 17.1 Å². The zero-order valence-electron chi connectivity index (χ0n) is 32.7. The minimum Gasteiger partial charge on any atom is -0.480 e. The number of rotatable bonds is 23. The number of carbonyl (C=O) groups is 2. The van der Waals surface area contributed by atoms with Gasteiger partial charge in [-0.1, -0.05) is 34.6 Å². The third kappa shape index (κ3) is 14.5. The normalized spacial score (nSPS) is 13.7. The summed E-state index contributed by atoms with van der Waals surface area (Å²) in [5.41, 5.74) is 3.47. The van der Waals surface area contributed by atoms with E-state index in [9.17, 15) is 24.3 Å². The average Bonchev–Trinajstić information content (AvgIpc) is 3.02. The highest BCUT2D eigenvalue weighted by Crippen LogP contribution is 2.21. The van der Waals surface area contributed by atoms with Gasteiger partial charge in [0, 0.05) is 37.6 Å². The van der Waals surface area contributed by atoms with Gasteiger partial charge in [-0.2, -0.15) is 0 Å². The van der Waals surface area contributed by atoms with Crippen molar-refractivity contribution in [1.82, 2.24) is 18.9 Å². The van der Waals surface area contributed by atoms with Gasteiger partial charge in [-0.15, -0.1) is 0 Å². The van der Waals surface area contributed by atoms with Crippen LogP contribution in [0.1, 0.15) is 114 Å². The maximum absolute atomic E-state index is 13.4. The Hall–Kier alpha value is -3.24. The number of aromatic nitrogens is 2. The van der Waals surface area contributed by atoms with Crippen LogP contribution in [0.2, 0.25) is 0 Å². The first-order valence-electron chi connectivity index (χ1n) is 18.7. The molecule has 0 aliphatic heterocycles. The summed E-state index contributed by atoms with van der Waals surface area (Å²) < 4.78 is 8.78. The Bertz CT molecular complexity index is 1480. The molecule has 2 aromatic rings. The summed E-state index contributed by atoms with van der Waals surface area (Å²) >= 11 is 0. The highest BCUT2D eigenvalue weighted by atomic mass is 16.5. The minimum atomic E-state index is -0.971. The first-order valence-corrected chi connectivity index (χ1v) is 18.7. The third-order valence-electron chi connectivity index (χ3n) is 9.74. The standard InChI is InChI=1S/C40H66N4O6/c1-28(2)13-15-35(39(47)48)43-26-34(32(7)24-37(43)45)19-22-42(10)21-17-30(5)12-11-23-50-40(49)36(16-14-29(3)4)44-27-33(18-20-41(8)9)31(6)25-38(44)46/h24-30,35-36H,11-23H2,1-10H3,(H,47,48)/t30-,35?,36?/m1/s1. The number of carbonyl (C=O) groups excluding carboxylic acids is 1. The van der Waals surface area contributed by atoms with E-state index in [0.29, 0.717) is 37.2 Å². The molecule has 0 saturated carbocycles. The Kier molecular flexibility index (Phi) is 18.2. The van der Waals surface area contributed by atoms with Gasteiger partial charge < -0.3 is 28.8 Å². The largest absolute Gasteiger partial charge is 0.480 e. The highest BCUT2D eigenvalue weighted by molar-refractivity contribution is 5.74. The second kappa shape index (κ2) is 21.2. The van der Waals surface area contributed by atoms with Crippen LogP contribution in [-0.4, -0.2) is 83.4 Å². The van der Waals surface area contributed by atoms with Crippen LogP contribution in [0, 0.1) is 31.6 Å². The summed E-state index contributed by atoms with van der Waals surface area (Å²) in [6.07, 6.45) is 10.4. The molecule has 10 heteroatoms. The molecular weight excluding hydrogens is 632 g/mol. The summed E-state index contributed by atoms with van der Waals surface area (Å²) in [4.78, 5) is 55.5. The van der Waals surface area contributed by atoms with E-state index in [0.717, 1.165) is 86.8 Å². The number of likely N-dealkylation sites (N-methyl/N-ethyl adjacent to an activating group) is 2. The van der Waals surface area contributed by atoms with Gasteiger partial charge in [0.15, 0.2) is 0 Å². The number of aryl methyl sites for hydroxylation is 2. The number of hydrogen-bond acceptors (Lipinski definition) is 7. The number of pyridine rings is 2. The molecule has 0 amide bonds. The van der Waals surface area contributed by atoms with Crippen molar-refractivity contribution >= 4 is 11.9 Å². The molecule has 0 saturated heterocycles. The van der Waals surface area contributed by atoms with E-state index in [2.05, 4.69) is 51.5 Å². The highest BCUT2D eigenvalue weighted by Gasteiger charge is 2.25. The summed E-state index contributed by atoms with van der Waals surface area (Å²) in [5, 5.41) is 9.83. The summed E-state index contributed by atoms with van der Waals surface area (Å²) in [6.45, 7) is 17.3. The molecule has 282 valence electrons. The number of carboxylic acids is 1. The van der Waals surface area contributed by atoms with Crippen molar-refractivity contribution in [1.29, 1.82) is 0 Å². The van der Waals surface area contributed by atoms with Crippen LogP contribution < -0.4 is 11.1 Å². The molecule has 2 aromatic heterocycles. The second-order valence-corrected chi connectivity index (χ2v) is 15.6. The SMILES string of the molecule is Cc1cc(=O)n(C(CCC(C)C)C(=O)OCCC[C@@H](C)CCN(C)CCc2cn(C(CCC(C)C)C(=O)O)c(=O)cc2C)cc1CCN(C)C. The summed E-state index contributed by atoms with van der Waals surface area (Å²) in [6, 6.07) is 1.71. The van der Waals surface area contributed by atoms with Gasteiger partial charge in [0.25, 0.3) is 11.1 Å². The zero-order valence-corrected chi connectivity index (χ0v) is 32.7. The van der Waals surface area contributed by atoms with E-state index in [1.54, 1.807) is 22.9 Å². The molecule has 2 rings (SSSR count). The van der Waals surface area contributed by atoms with Gasteiger partial charge in [0.1, 0.15) is 12.1 Å². The maximum Gasteiger partial charge on any atom is 0.329 e. The fraction of sp³-hybridized carbons (Fsp3) is 0.700. The van der Waals surface area contributed by atoms with Crippen LogP contribution in [0.3, 0.4) is 0 Å². The Morgan fingerprint density at radius 2 is 1.22 bits per heavy atom. The lowest BCUT2D eigenvalue weighted by Crippen LogP contribution is -2.32. The third-order valence-corrected chi connectivity index (χ3v) is 9.74. The second-order valence-electron chi connectivity index (χ2n) is 15.6. The molecule has 10 nitrogen and oxygen atoms in total. The number of esters is 1. The van der Waals surface area contributed by atoms with Crippen LogP contribution in [0.4, 0.5) is 0 Å². The molecule has 50 heavy (non-hydrogen) atoms. The van der Waals surface area contributed by atoms with Crippen LogP contribution in [0.25, 0.3) is 0 Å². The fourth-order valence-electron chi connectivity index (χ4n) is 6.17. The fourth-order valence-corrected chi connectivity index (χ4v) is 6.17. The van der Waals surface area contributed by atoms with Crippen molar-refractivity contribution < 1.29 is 19.4 Å². The average molecular weight is 699 g/mol. The van der Waals surface area contributed by atoms with Crippen molar-refractivity contribution in [2.24, 2.45) is 17.8 Å². The first kappa shape index (κ1) is 42.9. The number of ether oxygens (including phenoxy) is 1. The van der Waals surface area contributed by atoms with Crippen LogP contribution >= 0.6 is 0 Å². The van der Waals surface area contributed by atoms with E-state index < -0.39 is 18.1 Å². The molecule has 1 N–H and O–H groups in total. The van der Waals surface area contributed by atoms with Crippen molar-refractivity contribution in [3.05, 3.63) is 67.5 Å². The first-order chi connectivity index (χ1) is 23.5. The van der Waals surface area contributed by atoms with Crippen LogP contribution in [0.15, 0.2) is 34.1 Å². The van der Waals surface area contributed by atoms with Gasteiger partial charge >= 0.3 is 11.9 Å². The molecule has 0 spiro atoms. The van der Waals surface area contributed by atoms with E-state index in [4.69, 9.17) is 4.74 Å². The van der Waals surface area contributed by atoms with Gasteiger partial charge in [-0.25, -0.2) is 9.59 Å². The molecule has 0 aliphatic rings. The molecule has 0 bridgehead atoms. The van der Waals surface area contributed by atoms with E-state index >= 15 is 0 Å². The Labute approximate surface area is 300 Å². The number of nitrogens with zero attached hydrogens (tertiary/aromatic N) is 4. The molecule has 0 aromatic carbocycles. The van der Waals surface area contributed by atoms with Gasteiger partial charge in [0.05, 0.1) is 6.61 Å². The van der Waals surface area contributed by atoms with Crippen LogP contribution in [-0.2, 0) is 27.2 Å². The van der Waals surface area contributed by atoms with E-state index in [1.807, 2.05) is 34.1 Å². The molecule has 2 unspecified atom stereocenters. The topological polar surface area (TPSA) is 114 Å². The number of carboxylic acid groups (broad SMARTS) is 1. The van der Waals surface area contributed by atoms with Crippen molar-refractivity contribution in [3.8, 4) is 0 Å². The monoisotopic (exact) mass is 698 g/mol. The molecular formula is C40H66N4O6. The molecule has 3 atom stereocenters. The predicted octanol–water partition coefficient (Wildman–Crippen LogP) is 6.29. The van der Waals surface area contributed by atoms with Gasteiger partial charge in [0.2, 0.25) is 0 Å². The van der Waals surface area contributed by atoms with Crippen molar-refractivity contribution in [2.75, 3.05) is 47.4 Å². The minimum absolute atomic E-state index is 0.164. The number of hydrogen-bond donors (Lipinski definition) is 1. The lowest BCUT2D eigenvalue weighted by molar-refractivity contribution is -0.148. The van der Waals surface area contributed by atoms with Crippen LogP contribution in [0.5, 0.6) is 0 Å². The van der Waals surface area contributed by atoms with E-state index in [1.165, 1.54) is 4.57 Å². The zero-order chi connectivity index (χ0) is 37.5. The Morgan fingerprint density at radius 1 is 0.720 bits per heavy atom. The Balaban J connectivity index is 1.90. The van der Waals surface area contributed by atoms with Crippen molar-refractivity contribution in [2.45, 2.75) is 118 Å². The summed E-state index contributed by atoms with van der Waals surface area (Å²) in [5.74, 6) is -0.104. The molecule has 2 heterocycles. The van der Waals surface area contributed by atoms with Gasteiger partial charge in [-0.3, -0.25) is 9.59 Å². The number of aliphatic carboxylic acids is 1. The Morgan fingerprint density at radius 3 is 1.72 bits per heavy atom. The smallest absolute Gasteiger partial charge is 0.329 e. The van der Waals surface area contributed by atoms with Crippen molar-refractivity contribution in [3.63, 3.8) is 0 Å². The van der Waals surface area contributed by atoms with Gasteiger partial charge in [-0.05, 0) is 139 Å². The predicted molar refractivity (Wildman–Crippen MR) is 202 cm³/mol. The lowest BCUT2D eigenvalue weighted by atomic mass is 10.0. The quantitative estimate of drug-likeness (QED) is 0.106.